The second-order valence-electron chi connectivity index (χ2n) is 7.15. The number of benzene rings is 1. The van der Waals surface area contributed by atoms with Gasteiger partial charge in [0.25, 0.3) is 5.91 Å². The second-order valence-corrected chi connectivity index (χ2v) is 7.15. The van der Waals surface area contributed by atoms with Gasteiger partial charge in [-0.1, -0.05) is 39.2 Å². The molecule has 0 bridgehead atoms. The molecule has 0 radical (unpaired) electrons. The highest BCUT2D eigenvalue weighted by molar-refractivity contribution is 5.78. The van der Waals surface area contributed by atoms with Gasteiger partial charge < -0.3 is 20.1 Å². The molecule has 1 aromatic rings. The van der Waals surface area contributed by atoms with Gasteiger partial charge in [-0.05, 0) is 30.5 Å². The van der Waals surface area contributed by atoms with Gasteiger partial charge in [0.2, 0.25) is 5.91 Å². The van der Waals surface area contributed by atoms with Crippen molar-refractivity contribution in [2.45, 2.75) is 58.5 Å². The molecule has 0 spiro atoms. The Balaban J connectivity index is 2.18. The van der Waals surface area contributed by atoms with Gasteiger partial charge in [-0.15, -0.1) is 0 Å². The fraction of sp³-hybridized carbons (Fsp3) is 0.600. The molecule has 2 amide bonds. The van der Waals surface area contributed by atoms with Gasteiger partial charge in [-0.25, -0.2) is 0 Å². The molecule has 144 valence electrons. The van der Waals surface area contributed by atoms with Gasteiger partial charge >= 0.3 is 0 Å². The fourth-order valence-electron chi connectivity index (χ4n) is 3.39. The SMILES string of the molecule is COc1cc(CN(C(=O)C(C)C)C2CCCCC2)ccc1OCC(N)=O. The van der Waals surface area contributed by atoms with Crippen LogP contribution in [0.5, 0.6) is 11.5 Å². The molecule has 2 rings (SSSR count). The predicted octanol–water partition coefficient (Wildman–Crippen LogP) is 2.88. The monoisotopic (exact) mass is 362 g/mol. The van der Waals surface area contributed by atoms with Crippen molar-refractivity contribution >= 4 is 11.8 Å². The van der Waals surface area contributed by atoms with Crippen LogP contribution in [0.3, 0.4) is 0 Å². The summed E-state index contributed by atoms with van der Waals surface area (Å²) in [5, 5.41) is 0. The number of amides is 2. The summed E-state index contributed by atoms with van der Waals surface area (Å²) in [5.41, 5.74) is 6.10. The Hall–Kier alpha value is -2.24. The molecule has 0 unspecified atom stereocenters. The highest BCUT2D eigenvalue weighted by Gasteiger charge is 2.27. The largest absolute Gasteiger partial charge is 0.493 e. The van der Waals surface area contributed by atoms with E-state index in [1.165, 1.54) is 19.3 Å². The summed E-state index contributed by atoms with van der Waals surface area (Å²) in [5.74, 6) is 0.614. The number of methoxy groups -OCH3 is 1. The Labute approximate surface area is 155 Å². The lowest BCUT2D eigenvalue weighted by Crippen LogP contribution is -2.43. The van der Waals surface area contributed by atoms with Crippen molar-refractivity contribution in [3.05, 3.63) is 23.8 Å². The van der Waals surface area contributed by atoms with Gasteiger partial charge in [0.1, 0.15) is 0 Å². The quantitative estimate of drug-likeness (QED) is 0.771. The average molecular weight is 362 g/mol. The van der Waals surface area contributed by atoms with Crippen molar-refractivity contribution in [1.29, 1.82) is 0 Å². The molecule has 6 nitrogen and oxygen atoms in total. The van der Waals surface area contributed by atoms with Crippen molar-refractivity contribution in [2.24, 2.45) is 11.7 Å². The number of rotatable bonds is 8. The maximum Gasteiger partial charge on any atom is 0.255 e. The summed E-state index contributed by atoms with van der Waals surface area (Å²) in [7, 11) is 1.55. The van der Waals surface area contributed by atoms with E-state index in [2.05, 4.69) is 0 Å². The molecule has 0 aliphatic heterocycles. The number of carbonyl (C=O) groups is 2. The summed E-state index contributed by atoms with van der Waals surface area (Å²) < 4.78 is 10.7. The van der Waals surface area contributed by atoms with E-state index in [0.717, 1.165) is 18.4 Å². The number of nitrogens with two attached hydrogens (primary N) is 1. The highest BCUT2D eigenvalue weighted by Crippen LogP contribution is 2.30. The van der Waals surface area contributed by atoms with E-state index in [1.54, 1.807) is 13.2 Å². The Bertz CT molecular complexity index is 624. The zero-order valence-corrected chi connectivity index (χ0v) is 16.0. The fourth-order valence-corrected chi connectivity index (χ4v) is 3.39. The molecule has 0 atom stereocenters. The molecule has 0 saturated heterocycles. The minimum atomic E-state index is -0.540. The lowest BCUT2D eigenvalue weighted by atomic mass is 9.93. The normalized spacial score (nSPS) is 14.9. The number of primary amides is 1. The molecule has 26 heavy (non-hydrogen) atoms. The summed E-state index contributed by atoms with van der Waals surface area (Å²) in [6.07, 6.45) is 5.73. The van der Waals surface area contributed by atoms with Gasteiger partial charge in [0.05, 0.1) is 7.11 Å². The highest BCUT2D eigenvalue weighted by atomic mass is 16.5. The Morgan fingerprint density at radius 1 is 1.19 bits per heavy atom. The lowest BCUT2D eigenvalue weighted by Gasteiger charge is -2.35. The van der Waals surface area contributed by atoms with Crippen LogP contribution in [-0.4, -0.2) is 36.5 Å². The lowest BCUT2D eigenvalue weighted by molar-refractivity contribution is -0.138. The third kappa shape index (κ3) is 5.38. The molecule has 0 aromatic heterocycles. The van der Waals surface area contributed by atoms with Gasteiger partial charge in [-0.3, -0.25) is 9.59 Å². The summed E-state index contributed by atoms with van der Waals surface area (Å²) >= 11 is 0. The van der Waals surface area contributed by atoms with Gasteiger partial charge in [0.15, 0.2) is 18.1 Å². The number of hydrogen-bond acceptors (Lipinski definition) is 4. The smallest absolute Gasteiger partial charge is 0.255 e. The molecule has 1 aliphatic carbocycles. The third-order valence-corrected chi connectivity index (χ3v) is 4.74. The zero-order valence-electron chi connectivity index (χ0n) is 16.0. The molecule has 2 N–H and O–H groups in total. The minimum absolute atomic E-state index is 0.0306. The average Bonchev–Trinajstić information content (AvgIpc) is 2.64. The Morgan fingerprint density at radius 2 is 1.88 bits per heavy atom. The maximum absolute atomic E-state index is 12.8. The summed E-state index contributed by atoms with van der Waals surface area (Å²) in [6, 6.07) is 5.83. The first kappa shape index (κ1) is 20.1. The van der Waals surface area contributed by atoms with E-state index < -0.39 is 5.91 Å². The number of nitrogens with zero attached hydrogens (tertiary/aromatic N) is 1. The molecule has 0 heterocycles. The van der Waals surface area contributed by atoms with Crippen LogP contribution >= 0.6 is 0 Å². The van der Waals surface area contributed by atoms with Crippen LogP contribution in [0, 0.1) is 5.92 Å². The third-order valence-electron chi connectivity index (χ3n) is 4.74. The first-order valence-electron chi connectivity index (χ1n) is 9.31. The van der Waals surface area contributed by atoms with E-state index in [1.807, 2.05) is 30.9 Å². The molecule has 6 heteroatoms. The van der Waals surface area contributed by atoms with Crippen molar-refractivity contribution < 1.29 is 19.1 Å². The van der Waals surface area contributed by atoms with Crippen molar-refractivity contribution in [2.75, 3.05) is 13.7 Å². The number of ether oxygens (including phenoxy) is 2. The number of carbonyl (C=O) groups excluding carboxylic acids is 2. The van der Waals surface area contributed by atoms with E-state index in [9.17, 15) is 9.59 Å². The topological polar surface area (TPSA) is 81.9 Å². The molecule has 1 aromatic carbocycles. The van der Waals surface area contributed by atoms with E-state index >= 15 is 0 Å². The predicted molar refractivity (Wildman–Crippen MR) is 99.9 cm³/mol. The summed E-state index contributed by atoms with van der Waals surface area (Å²) in [6.45, 7) is 4.24. The van der Waals surface area contributed by atoms with Crippen molar-refractivity contribution in [1.82, 2.24) is 4.90 Å². The van der Waals surface area contributed by atoms with E-state index in [4.69, 9.17) is 15.2 Å². The van der Waals surface area contributed by atoms with Crippen LogP contribution in [0.4, 0.5) is 0 Å². The first-order chi connectivity index (χ1) is 12.4. The molecule has 1 fully saturated rings. The zero-order chi connectivity index (χ0) is 19.1. The molecular weight excluding hydrogens is 332 g/mol. The second kappa shape index (κ2) is 9.46. The van der Waals surface area contributed by atoms with Crippen molar-refractivity contribution in [3.63, 3.8) is 0 Å². The van der Waals surface area contributed by atoms with Crippen LogP contribution < -0.4 is 15.2 Å². The Kier molecular flexibility index (Phi) is 7.30. The van der Waals surface area contributed by atoms with E-state index in [0.29, 0.717) is 24.1 Å². The molecule has 1 saturated carbocycles. The van der Waals surface area contributed by atoms with Crippen LogP contribution in [0.1, 0.15) is 51.5 Å². The Morgan fingerprint density at radius 3 is 2.46 bits per heavy atom. The first-order valence-corrected chi connectivity index (χ1v) is 9.31. The maximum atomic E-state index is 12.8. The summed E-state index contributed by atoms with van der Waals surface area (Å²) in [4.78, 5) is 25.7. The van der Waals surface area contributed by atoms with Crippen LogP contribution in [0.25, 0.3) is 0 Å². The van der Waals surface area contributed by atoms with Crippen LogP contribution in [-0.2, 0) is 16.1 Å². The van der Waals surface area contributed by atoms with Gasteiger partial charge in [-0.2, -0.15) is 0 Å². The van der Waals surface area contributed by atoms with Crippen molar-refractivity contribution in [3.8, 4) is 11.5 Å². The van der Waals surface area contributed by atoms with Crippen LogP contribution in [0.15, 0.2) is 18.2 Å². The number of hydrogen-bond donors (Lipinski definition) is 1. The molecule has 1 aliphatic rings. The minimum Gasteiger partial charge on any atom is -0.493 e. The standard InChI is InChI=1S/C20H30N2O4/c1-14(2)20(24)22(16-7-5-4-6-8-16)12-15-9-10-17(18(11-15)25-3)26-13-19(21)23/h9-11,14,16H,4-8,12-13H2,1-3H3,(H2,21,23). The van der Waals surface area contributed by atoms with Crippen LogP contribution in [0.2, 0.25) is 0 Å². The molecular formula is C20H30N2O4. The van der Waals surface area contributed by atoms with E-state index in [-0.39, 0.29) is 18.4 Å². The van der Waals surface area contributed by atoms with Gasteiger partial charge in [0, 0.05) is 18.5 Å².